The summed E-state index contributed by atoms with van der Waals surface area (Å²) in [5.74, 6) is 0. The van der Waals surface area contributed by atoms with E-state index in [1.54, 1.807) is 0 Å². The highest BCUT2D eigenvalue weighted by Crippen LogP contribution is 2.29. The van der Waals surface area contributed by atoms with Crippen LogP contribution in [0.2, 0.25) is 5.02 Å². The van der Waals surface area contributed by atoms with E-state index in [1.807, 2.05) is 12.1 Å². The number of hydrogen-bond donors (Lipinski definition) is 2. The van der Waals surface area contributed by atoms with E-state index in [2.05, 4.69) is 39.7 Å². The van der Waals surface area contributed by atoms with Gasteiger partial charge in [0.1, 0.15) is 0 Å². The molecule has 154 valence electrons. The first-order valence-electron chi connectivity index (χ1n) is 10.6. The van der Waals surface area contributed by atoms with E-state index < -0.39 is 0 Å². The number of piperidine rings is 1. The molecular formula is C22H33ClN4O. The number of aromatic amines is 1. The van der Waals surface area contributed by atoms with Crippen molar-refractivity contribution >= 4 is 22.5 Å². The summed E-state index contributed by atoms with van der Waals surface area (Å²) in [7, 11) is 2.22. The van der Waals surface area contributed by atoms with E-state index in [9.17, 15) is 5.11 Å². The van der Waals surface area contributed by atoms with Gasteiger partial charge in [-0.2, -0.15) is 0 Å². The van der Waals surface area contributed by atoms with E-state index in [0.717, 1.165) is 43.1 Å². The molecule has 5 nitrogen and oxygen atoms in total. The molecule has 28 heavy (non-hydrogen) atoms. The summed E-state index contributed by atoms with van der Waals surface area (Å²) in [6.07, 6.45) is 3.36. The van der Waals surface area contributed by atoms with E-state index in [0.29, 0.717) is 12.1 Å². The van der Waals surface area contributed by atoms with Gasteiger partial charge >= 0.3 is 0 Å². The molecule has 0 aliphatic carbocycles. The molecule has 2 fully saturated rings. The first kappa shape index (κ1) is 20.2. The number of rotatable bonds is 5. The van der Waals surface area contributed by atoms with Crippen molar-refractivity contribution in [1.82, 2.24) is 19.7 Å². The molecule has 2 aliphatic heterocycles. The third-order valence-corrected chi connectivity index (χ3v) is 7.07. The fraction of sp³-hybridized carbons (Fsp3) is 0.636. The number of likely N-dealkylation sites (tertiary alicyclic amines) is 1. The minimum atomic E-state index is 0.267. The number of para-hydroxylation sites is 1. The highest BCUT2D eigenvalue weighted by atomic mass is 35.5. The molecule has 0 radical (unpaired) electrons. The summed E-state index contributed by atoms with van der Waals surface area (Å²) in [6, 6.07) is 7.22. The molecule has 2 aliphatic rings. The number of aryl methyl sites for hydroxylation is 1. The summed E-state index contributed by atoms with van der Waals surface area (Å²) in [4.78, 5) is 11.2. The van der Waals surface area contributed by atoms with E-state index >= 15 is 0 Å². The average molecular weight is 405 g/mol. The average Bonchev–Trinajstić information content (AvgIpc) is 3.01. The van der Waals surface area contributed by atoms with Gasteiger partial charge in [0, 0.05) is 55.9 Å². The van der Waals surface area contributed by atoms with Crippen LogP contribution < -0.4 is 0 Å². The third-order valence-electron chi connectivity index (χ3n) is 6.76. The van der Waals surface area contributed by atoms with Crippen LogP contribution in [0.3, 0.4) is 0 Å². The van der Waals surface area contributed by atoms with Crippen LogP contribution in [0.1, 0.15) is 30.5 Å². The lowest BCUT2D eigenvalue weighted by molar-refractivity contribution is 0.00566. The number of piperazine rings is 1. The number of nitrogens with one attached hydrogen (secondary N) is 1. The van der Waals surface area contributed by atoms with E-state index in [4.69, 9.17) is 11.6 Å². The van der Waals surface area contributed by atoms with Crippen LogP contribution in [0.4, 0.5) is 0 Å². The van der Waals surface area contributed by atoms with Gasteiger partial charge in [0.2, 0.25) is 0 Å². The van der Waals surface area contributed by atoms with Crippen molar-refractivity contribution in [2.45, 2.75) is 44.8 Å². The molecule has 2 N–H and O–H groups in total. The maximum atomic E-state index is 9.65. The molecule has 0 spiro atoms. The zero-order valence-electron chi connectivity index (χ0n) is 17.1. The van der Waals surface area contributed by atoms with Crippen LogP contribution in [0, 0.1) is 6.92 Å². The fourth-order valence-electron chi connectivity index (χ4n) is 5.04. The standard InChI is InChI=1S/C22H33ClN4O/c1-16-19-4-3-5-20(23)22(19)24-21(16)15-26-11-12-27(18(14-26)8-13-28)17-6-9-25(2)10-7-17/h3-5,17-18,24,28H,6-15H2,1-2H3/t18-/m0/s1. The molecule has 0 bridgehead atoms. The molecule has 2 aromatic rings. The number of nitrogens with zero attached hydrogens (tertiary/aromatic N) is 3. The van der Waals surface area contributed by atoms with Gasteiger partial charge in [-0.25, -0.2) is 0 Å². The van der Waals surface area contributed by atoms with E-state index in [-0.39, 0.29) is 6.61 Å². The maximum Gasteiger partial charge on any atom is 0.0648 e. The number of H-pyrrole nitrogens is 1. The largest absolute Gasteiger partial charge is 0.396 e. The van der Waals surface area contributed by atoms with Crippen LogP contribution in [0.15, 0.2) is 18.2 Å². The normalized spacial score (nSPS) is 23.6. The van der Waals surface area contributed by atoms with Gasteiger partial charge < -0.3 is 15.0 Å². The topological polar surface area (TPSA) is 45.7 Å². The van der Waals surface area contributed by atoms with Crippen molar-refractivity contribution in [2.24, 2.45) is 0 Å². The number of aromatic nitrogens is 1. The lowest BCUT2D eigenvalue weighted by Crippen LogP contribution is -2.58. The SMILES string of the molecule is Cc1c(CN2CCN(C3CCN(C)CC3)[C@@H](CCO)C2)[nH]c2c(Cl)cccc12. The van der Waals surface area contributed by atoms with Gasteiger partial charge in [0.25, 0.3) is 0 Å². The Hall–Kier alpha value is -1.11. The second-order valence-corrected chi connectivity index (χ2v) is 8.97. The molecule has 4 rings (SSSR count). The Morgan fingerprint density at radius 1 is 1.18 bits per heavy atom. The zero-order chi connectivity index (χ0) is 19.7. The first-order valence-corrected chi connectivity index (χ1v) is 11.0. The third kappa shape index (κ3) is 4.10. The van der Waals surface area contributed by atoms with E-state index in [1.165, 1.54) is 42.6 Å². The second-order valence-electron chi connectivity index (χ2n) is 8.56. The van der Waals surface area contributed by atoms with Crippen LogP contribution >= 0.6 is 11.6 Å². The van der Waals surface area contributed by atoms with Gasteiger partial charge in [-0.3, -0.25) is 9.80 Å². The number of aliphatic hydroxyl groups excluding tert-OH is 1. The lowest BCUT2D eigenvalue weighted by atomic mass is 9.98. The first-order chi connectivity index (χ1) is 13.6. The van der Waals surface area contributed by atoms with Crippen molar-refractivity contribution in [2.75, 3.05) is 46.4 Å². The van der Waals surface area contributed by atoms with Gasteiger partial charge in [-0.15, -0.1) is 0 Å². The molecule has 1 atom stereocenters. The van der Waals surface area contributed by atoms with Crippen molar-refractivity contribution in [1.29, 1.82) is 0 Å². The van der Waals surface area contributed by atoms with Gasteiger partial charge in [-0.1, -0.05) is 23.7 Å². The van der Waals surface area contributed by atoms with Crippen LogP contribution in [-0.2, 0) is 6.54 Å². The fourth-order valence-corrected chi connectivity index (χ4v) is 5.27. The predicted molar refractivity (Wildman–Crippen MR) is 116 cm³/mol. The molecule has 1 aromatic carbocycles. The monoisotopic (exact) mass is 404 g/mol. The van der Waals surface area contributed by atoms with Gasteiger partial charge in [-0.05, 0) is 58.0 Å². The van der Waals surface area contributed by atoms with Crippen molar-refractivity contribution in [3.05, 3.63) is 34.5 Å². The molecule has 3 heterocycles. The molecule has 2 saturated heterocycles. The Kier molecular flexibility index (Phi) is 6.28. The number of fused-ring (bicyclic) bond motifs is 1. The highest BCUT2D eigenvalue weighted by molar-refractivity contribution is 6.35. The Morgan fingerprint density at radius 2 is 1.96 bits per heavy atom. The smallest absolute Gasteiger partial charge is 0.0648 e. The maximum absolute atomic E-state index is 9.65. The summed E-state index contributed by atoms with van der Waals surface area (Å²) < 4.78 is 0. The summed E-state index contributed by atoms with van der Waals surface area (Å²) in [6.45, 7) is 8.94. The summed E-state index contributed by atoms with van der Waals surface area (Å²) >= 11 is 6.38. The van der Waals surface area contributed by atoms with Crippen molar-refractivity contribution in [3.63, 3.8) is 0 Å². The molecular weight excluding hydrogens is 372 g/mol. The Morgan fingerprint density at radius 3 is 2.68 bits per heavy atom. The molecule has 1 aromatic heterocycles. The predicted octanol–water partition coefficient (Wildman–Crippen LogP) is 3.09. The molecule has 0 amide bonds. The minimum Gasteiger partial charge on any atom is -0.396 e. The quantitative estimate of drug-likeness (QED) is 0.803. The summed E-state index contributed by atoms with van der Waals surface area (Å²) in [5, 5.41) is 11.7. The van der Waals surface area contributed by atoms with Crippen LogP contribution in [0.5, 0.6) is 0 Å². The molecule has 6 heteroatoms. The van der Waals surface area contributed by atoms with Crippen molar-refractivity contribution < 1.29 is 5.11 Å². The number of halogens is 1. The second kappa shape index (κ2) is 8.72. The number of aliphatic hydroxyl groups is 1. The molecule has 0 saturated carbocycles. The Bertz CT molecular complexity index is 799. The lowest BCUT2D eigenvalue weighted by Gasteiger charge is -2.47. The highest BCUT2D eigenvalue weighted by Gasteiger charge is 2.33. The minimum absolute atomic E-state index is 0.267. The van der Waals surface area contributed by atoms with Crippen molar-refractivity contribution in [3.8, 4) is 0 Å². The number of benzene rings is 1. The molecule has 0 unspecified atom stereocenters. The number of hydrogen-bond acceptors (Lipinski definition) is 4. The Balaban J connectivity index is 1.46. The van der Waals surface area contributed by atoms with Gasteiger partial charge in [0.15, 0.2) is 0 Å². The van der Waals surface area contributed by atoms with Crippen LogP contribution in [0.25, 0.3) is 10.9 Å². The zero-order valence-corrected chi connectivity index (χ0v) is 17.9. The summed E-state index contributed by atoms with van der Waals surface area (Å²) in [5.41, 5.74) is 3.61. The van der Waals surface area contributed by atoms with Crippen LogP contribution in [-0.4, -0.2) is 83.3 Å². The Labute approximate surface area is 173 Å². The van der Waals surface area contributed by atoms with Gasteiger partial charge in [0.05, 0.1) is 10.5 Å².